The first-order chi connectivity index (χ1) is 8.56. The minimum absolute atomic E-state index is 0.302. The van der Waals surface area contributed by atoms with Crippen LogP contribution in [0.5, 0.6) is 0 Å². The summed E-state index contributed by atoms with van der Waals surface area (Å²) < 4.78 is 0. The van der Waals surface area contributed by atoms with E-state index in [1.807, 2.05) is 5.38 Å². The van der Waals surface area contributed by atoms with Gasteiger partial charge in [0.2, 0.25) is 0 Å². The van der Waals surface area contributed by atoms with Gasteiger partial charge in [0.05, 0.1) is 16.3 Å². The number of rotatable bonds is 4. The molecule has 2 rings (SSSR count). The van der Waals surface area contributed by atoms with E-state index in [-0.39, 0.29) is 0 Å². The highest BCUT2D eigenvalue weighted by Crippen LogP contribution is 2.23. The molecule has 1 N–H and O–H groups in total. The van der Waals surface area contributed by atoms with Crippen LogP contribution in [0, 0.1) is 5.92 Å². The van der Waals surface area contributed by atoms with Crippen molar-refractivity contribution in [3.05, 3.63) is 40.2 Å². The lowest BCUT2D eigenvalue weighted by Crippen LogP contribution is -1.95. The second kappa shape index (κ2) is 5.31. The Morgan fingerprint density at radius 3 is 2.56 bits per heavy atom. The molecule has 2 aromatic rings. The first-order valence-electron chi connectivity index (χ1n) is 5.84. The predicted octanol–water partition coefficient (Wildman–Crippen LogP) is 3.71. The summed E-state index contributed by atoms with van der Waals surface area (Å²) in [5.74, 6) is -0.307. The van der Waals surface area contributed by atoms with Crippen molar-refractivity contribution in [2.75, 3.05) is 0 Å². The third kappa shape index (κ3) is 2.96. The van der Waals surface area contributed by atoms with Gasteiger partial charge in [0, 0.05) is 17.4 Å². The van der Waals surface area contributed by atoms with E-state index in [4.69, 9.17) is 5.11 Å². The summed E-state index contributed by atoms with van der Waals surface area (Å²) in [4.78, 5) is 15.3. The van der Waals surface area contributed by atoms with Crippen LogP contribution in [0.3, 0.4) is 0 Å². The number of carboxylic acids is 1. The van der Waals surface area contributed by atoms with E-state index >= 15 is 0 Å². The molecule has 94 valence electrons. The topological polar surface area (TPSA) is 50.2 Å². The zero-order chi connectivity index (χ0) is 13.1. The standard InChI is InChI=1S/C14H15NO2S/c1-9(2)7-13-15-12(8-18-13)10-3-5-11(6-4-10)14(16)17/h3-6,8-9H,7H2,1-2H3,(H,16,17). The molecule has 1 heterocycles. The van der Waals surface area contributed by atoms with Crippen LogP contribution >= 0.6 is 11.3 Å². The molecule has 1 aromatic heterocycles. The molecule has 0 bridgehead atoms. The predicted molar refractivity (Wildman–Crippen MR) is 73.1 cm³/mol. The summed E-state index contributed by atoms with van der Waals surface area (Å²) >= 11 is 1.66. The number of hydrogen-bond donors (Lipinski definition) is 1. The van der Waals surface area contributed by atoms with Crippen LogP contribution < -0.4 is 0 Å². The third-order valence-electron chi connectivity index (χ3n) is 2.56. The lowest BCUT2D eigenvalue weighted by atomic mass is 10.1. The molecule has 0 fully saturated rings. The van der Waals surface area contributed by atoms with Gasteiger partial charge in [0.25, 0.3) is 0 Å². The molecule has 0 aliphatic heterocycles. The molecule has 3 nitrogen and oxygen atoms in total. The van der Waals surface area contributed by atoms with Gasteiger partial charge in [0.1, 0.15) is 0 Å². The molecule has 0 unspecified atom stereocenters. The smallest absolute Gasteiger partial charge is 0.335 e. The average molecular weight is 261 g/mol. The van der Waals surface area contributed by atoms with Crippen molar-refractivity contribution in [3.8, 4) is 11.3 Å². The lowest BCUT2D eigenvalue weighted by molar-refractivity contribution is 0.0697. The Hall–Kier alpha value is -1.68. The van der Waals surface area contributed by atoms with E-state index < -0.39 is 5.97 Å². The number of thiazole rings is 1. The summed E-state index contributed by atoms with van der Waals surface area (Å²) in [7, 11) is 0. The van der Waals surface area contributed by atoms with Crippen LogP contribution in [0.15, 0.2) is 29.6 Å². The zero-order valence-corrected chi connectivity index (χ0v) is 11.2. The van der Waals surface area contributed by atoms with Gasteiger partial charge in [-0.2, -0.15) is 0 Å². The van der Waals surface area contributed by atoms with Gasteiger partial charge in [-0.25, -0.2) is 9.78 Å². The van der Waals surface area contributed by atoms with E-state index in [0.29, 0.717) is 11.5 Å². The second-order valence-electron chi connectivity index (χ2n) is 4.61. The highest BCUT2D eigenvalue weighted by molar-refractivity contribution is 7.09. The quantitative estimate of drug-likeness (QED) is 0.912. The number of carboxylic acid groups (broad SMARTS) is 1. The zero-order valence-electron chi connectivity index (χ0n) is 10.4. The first-order valence-corrected chi connectivity index (χ1v) is 6.72. The Balaban J connectivity index is 2.20. The van der Waals surface area contributed by atoms with Crippen LogP contribution in [-0.4, -0.2) is 16.1 Å². The van der Waals surface area contributed by atoms with Gasteiger partial charge in [-0.15, -0.1) is 11.3 Å². The largest absolute Gasteiger partial charge is 0.478 e. The number of carbonyl (C=O) groups is 1. The van der Waals surface area contributed by atoms with Crippen molar-refractivity contribution in [3.63, 3.8) is 0 Å². The summed E-state index contributed by atoms with van der Waals surface area (Å²) in [6, 6.07) is 6.83. The number of hydrogen-bond acceptors (Lipinski definition) is 3. The van der Waals surface area contributed by atoms with Gasteiger partial charge in [-0.3, -0.25) is 0 Å². The van der Waals surface area contributed by atoms with E-state index in [2.05, 4.69) is 18.8 Å². The van der Waals surface area contributed by atoms with Gasteiger partial charge >= 0.3 is 5.97 Å². The first kappa shape index (κ1) is 12.8. The average Bonchev–Trinajstić information content (AvgIpc) is 2.76. The van der Waals surface area contributed by atoms with E-state index in [1.54, 1.807) is 35.6 Å². The number of benzene rings is 1. The summed E-state index contributed by atoms with van der Waals surface area (Å²) in [5.41, 5.74) is 2.19. The third-order valence-corrected chi connectivity index (χ3v) is 3.43. The molecule has 0 radical (unpaired) electrons. The molecule has 4 heteroatoms. The van der Waals surface area contributed by atoms with Crippen molar-refractivity contribution in [1.29, 1.82) is 0 Å². The van der Waals surface area contributed by atoms with Crippen molar-refractivity contribution >= 4 is 17.3 Å². The maximum absolute atomic E-state index is 10.8. The fraction of sp³-hybridized carbons (Fsp3) is 0.286. The number of aromatic nitrogens is 1. The maximum Gasteiger partial charge on any atom is 0.335 e. The van der Waals surface area contributed by atoms with Gasteiger partial charge in [0.15, 0.2) is 0 Å². The van der Waals surface area contributed by atoms with Crippen molar-refractivity contribution in [2.24, 2.45) is 5.92 Å². The van der Waals surface area contributed by atoms with Crippen molar-refractivity contribution in [2.45, 2.75) is 20.3 Å². The minimum Gasteiger partial charge on any atom is -0.478 e. The number of aromatic carboxylic acids is 1. The van der Waals surface area contributed by atoms with E-state index in [9.17, 15) is 4.79 Å². The molecule has 0 saturated carbocycles. The van der Waals surface area contributed by atoms with Crippen LogP contribution in [0.4, 0.5) is 0 Å². The lowest BCUT2D eigenvalue weighted by Gasteiger charge is -2.00. The van der Waals surface area contributed by atoms with Gasteiger partial charge in [-0.1, -0.05) is 26.0 Å². The molecular weight excluding hydrogens is 246 g/mol. The van der Waals surface area contributed by atoms with E-state index in [0.717, 1.165) is 22.7 Å². The van der Waals surface area contributed by atoms with Crippen molar-refractivity contribution in [1.82, 2.24) is 4.98 Å². The van der Waals surface area contributed by atoms with E-state index in [1.165, 1.54) is 0 Å². The molecule has 1 aromatic carbocycles. The Morgan fingerprint density at radius 1 is 1.33 bits per heavy atom. The van der Waals surface area contributed by atoms with Crippen LogP contribution in [0.25, 0.3) is 11.3 Å². The van der Waals surface area contributed by atoms with Gasteiger partial charge in [-0.05, 0) is 18.1 Å². The number of nitrogens with zero attached hydrogens (tertiary/aromatic N) is 1. The van der Waals surface area contributed by atoms with Crippen molar-refractivity contribution < 1.29 is 9.90 Å². The Bertz CT molecular complexity index is 543. The molecule has 0 aliphatic rings. The molecular formula is C14H15NO2S. The normalized spacial score (nSPS) is 10.8. The highest BCUT2D eigenvalue weighted by Gasteiger charge is 2.07. The highest BCUT2D eigenvalue weighted by atomic mass is 32.1. The van der Waals surface area contributed by atoms with Gasteiger partial charge < -0.3 is 5.11 Å². The Morgan fingerprint density at radius 2 is 2.00 bits per heavy atom. The Kier molecular flexibility index (Phi) is 3.77. The summed E-state index contributed by atoms with van der Waals surface area (Å²) in [5, 5.41) is 12.0. The molecule has 0 aliphatic carbocycles. The molecule has 18 heavy (non-hydrogen) atoms. The summed E-state index contributed by atoms with van der Waals surface area (Å²) in [6.45, 7) is 4.34. The fourth-order valence-corrected chi connectivity index (χ4v) is 2.69. The SMILES string of the molecule is CC(C)Cc1nc(-c2ccc(C(=O)O)cc2)cs1. The Labute approximate surface area is 110 Å². The molecule has 0 saturated heterocycles. The van der Waals surface area contributed by atoms with Crippen LogP contribution in [0.2, 0.25) is 0 Å². The summed E-state index contributed by atoms with van der Waals surface area (Å²) in [6.07, 6.45) is 0.984. The fourth-order valence-electron chi connectivity index (χ4n) is 1.67. The molecule has 0 amide bonds. The van der Waals surface area contributed by atoms with Crippen LogP contribution in [0.1, 0.15) is 29.2 Å². The minimum atomic E-state index is -0.902. The second-order valence-corrected chi connectivity index (χ2v) is 5.55. The van der Waals surface area contributed by atoms with Crippen LogP contribution in [-0.2, 0) is 6.42 Å². The monoisotopic (exact) mass is 261 g/mol. The molecule has 0 atom stereocenters. The maximum atomic E-state index is 10.8. The molecule has 0 spiro atoms.